The normalized spacial score (nSPS) is 19.4. The van der Waals surface area contributed by atoms with Crippen LogP contribution >= 0.6 is 0 Å². The minimum Gasteiger partial charge on any atom is -0.311 e. The van der Waals surface area contributed by atoms with E-state index in [0.29, 0.717) is 0 Å². The summed E-state index contributed by atoms with van der Waals surface area (Å²) >= 11 is 0. The van der Waals surface area contributed by atoms with Crippen molar-refractivity contribution >= 4 is 74.3 Å². The van der Waals surface area contributed by atoms with Gasteiger partial charge in [0, 0.05) is 67.2 Å². The lowest BCUT2D eigenvalue weighted by atomic mass is 9.32. The molecule has 6 aliphatic rings. The topological polar surface area (TPSA) is 9.72 Å². The fourth-order valence-corrected chi connectivity index (χ4v) is 19.9. The molecule has 0 saturated heterocycles. The van der Waals surface area contributed by atoms with Gasteiger partial charge in [0.25, 0.3) is 6.71 Å². The average Bonchev–Trinajstić information content (AvgIpc) is 0.749. The molecule has 9 aromatic rings. The Kier molecular flexibility index (Phi) is 13.0. The summed E-state index contributed by atoms with van der Waals surface area (Å²) in [5.41, 5.74) is 36.3. The molecule has 0 radical (unpaired) electrons. The molecule has 0 bridgehead atoms. The van der Waals surface area contributed by atoms with Gasteiger partial charge in [0.2, 0.25) is 0 Å². The maximum absolute atomic E-state index is 2.80. The van der Waals surface area contributed by atoms with Crippen molar-refractivity contribution in [3.63, 3.8) is 0 Å². The van der Waals surface area contributed by atoms with Crippen LogP contribution in [0.25, 0.3) is 0 Å². The zero-order valence-corrected chi connectivity index (χ0v) is 61.3. The van der Waals surface area contributed by atoms with Crippen molar-refractivity contribution in [1.29, 1.82) is 0 Å². The SMILES string of the molecule is Cc1cc2c(cc1N1c3cc4c(cc3B3c5cc6c(cc5N(c5cc7c(cc5C)C(C)(C)CC7(C)C)c5cc(N(c7ccc(C(C)(C)C)cc7)c7ccc(C(C)(C)C)cc7)cc1c53)C(C)(C)c1ccccc1C6(C)C)C(C)(C)c1ccccc1C4(C)C)C(C)(C)CC2(C)C. The molecule has 9 aromatic carbocycles. The van der Waals surface area contributed by atoms with Gasteiger partial charge in [0.1, 0.15) is 0 Å². The second-order valence-corrected chi connectivity index (χ2v) is 36.7. The molecule has 3 nitrogen and oxygen atoms in total. The van der Waals surface area contributed by atoms with Crippen molar-refractivity contribution in [2.24, 2.45) is 0 Å². The quantitative estimate of drug-likeness (QED) is 0.159. The number of nitrogens with zero attached hydrogens (tertiary/aromatic N) is 3. The summed E-state index contributed by atoms with van der Waals surface area (Å²) in [6.07, 6.45) is 2.19. The molecular weight excluding hydrogens is 1130 g/mol. The van der Waals surface area contributed by atoms with E-state index in [4.69, 9.17) is 0 Å². The second kappa shape index (κ2) is 19.6. The van der Waals surface area contributed by atoms with E-state index < -0.39 is 0 Å². The van der Waals surface area contributed by atoms with Crippen LogP contribution in [0.3, 0.4) is 0 Å². The van der Waals surface area contributed by atoms with Gasteiger partial charge in [0.05, 0.1) is 5.69 Å². The van der Waals surface area contributed by atoms with Gasteiger partial charge in [-0.2, -0.15) is 0 Å². The fraction of sp³-hybridized carbons (Fsp3) is 0.400. The van der Waals surface area contributed by atoms with E-state index in [-0.39, 0.29) is 60.9 Å². The van der Waals surface area contributed by atoms with Crippen molar-refractivity contribution < 1.29 is 0 Å². The first-order chi connectivity index (χ1) is 43.7. The molecule has 4 aliphatic carbocycles. The van der Waals surface area contributed by atoms with Crippen LogP contribution in [-0.2, 0) is 54.1 Å². The molecule has 0 fully saturated rings. The van der Waals surface area contributed by atoms with Crippen molar-refractivity contribution in [3.8, 4) is 0 Å². The highest BCUT2D eigenvalue weighted by atomic mass is 15.2. The first-order valence-electron chi connectivity index (χ1n) is 35.4. The molecule has 4 heteroatoms. The largest absolute Gasteiger partial charge is 0.311 e. The summed E-state index contributed by atoms with van der Waals surface area (Å²) in [6.45, 7) is 58.5. The monoisotopic (exact) mass is 1240 g/mol. The van der Waals surface area contributed by atoms with E-state index in [0.717, 1.165) is 29.9 Å². The highest BCUT2D eigenvalue weighted by Crippen LogP contribution is 2.60. The van der Waals surface area contributed by atoms with Crippen LogP contribution in [0.1, 0.15) is 254 Å². The Balaban J connectivity index is 1.14. The Morgan fingerprint density at radius 3 is 0.904 bits per heavy atom. The van der Waals surface area contributed by atoms with Crippen LogP contribution in [0.5, 0.6) is 0 Å². The zero-order valence-electron chi connectivity index (χ0n) is 61.3. The summed E-state index contributed by atoms with van der Waals surface area (Å²) in [5.74, 6) is 0. The number of aryl methyl sites for hydroxylation is 2. The molecule has 0 amide bonds. The van der Waals surface area contributed by atoms with Crippen molar-refractivity contribution in [2.45, 2.75) is 233 Å². The number of rotatable bonds is 5. The summed E-state index contributed by atoms with van der Waals surface area (Å²) in [5, 5.41) is 0. The van der Waals surface area contributed by atoms with E-state index in [1.807, 2.05) is 0 Å². The summed E-state index contributed by atoms with van der Waals surface area (Å²) in [6, 6.07) is 64.4. The maximum Gasteiger partial charge on any atom is 0.252 e. The number of hydrogen-bond donors (Lipinski definition) is 0. The first-order valence-corrected chi connectivity index (χ1v) is 35.4. The standard InChI is InChI=1S/C90H102BN3/c1-53-41-64-66(85(13,14)51-83(64,9)10)47-74(53)93-76-49-70-68(87(17,18)60-29-25-27-31-62(60)89(70,21)22)45-72(76)91-73-46-69-71(90(23,24)63-32-28-26-30-61(63)88(69,19)20)50-77(73)94(75-48-67-65(42-54(75)2)84(11,12)52-86(67,15)16)79-44-59(43-78(93)80(79)91)92(57-37-33-55(34-38-57)81(3,4)5)58-39-35-56(36-40-58)82(6,7)8/h25-50H,51-52H2,1-24H3. The molecule has 0 N–H and O–H groups in total. The second-order valence-electron chi connectivity index (χ2n) is 36.7. The van der Waals surface area contributed by atoms with Crippen molar-refractivity contribution in [2.75, 3.05) is 14.7 Å². The maximum atomic E-state index is 2.80. The first kappa shape index (κ1) is 62.6. The van der Waals surface area contributed by atoms with Gasteiger partial charge < -0.3 is 14.7 Å². The number of benzene rings is 9. The number of fused-ring (bicyclic) bond motifs is 10. The van der Waals surface area contributed by atoms with Crippen molar-refractivity contribution in [3.05, 3.63) is 247 Å². The van der Waals surface area contributed by atoms with E-state index >= 15 is 0 Å². The van der Waals surface area contributed by atoms with Gasteiger partial charge in [-0.15, -0.1) is 0 Å². The van der Waals surface area contributed by atoms with E-state index in [9.17, 15) is 0 Å². The van der Waals surface area contributed by atoms with E-state index in [2.05, 4.69) is 339 Å². The van der Waals surface area contributed by atoms with Gasteiger partial charge >= 0.3 is 0 Å². The smallest absolute Gasteiger partial charge is 0.252 e. The minimum atomic E-state index is -0.291. The predicted octanol–water partition coefficient (Wildman–Crippen LogP) is 22.3. The highest BCUT2D eigenvalue weighted by Gasteiger charge is 2.53. The van der Waals surface area contributed by atoms with Gasteiger partial charge in [-0.25, -0.2) is 0 Å². The number of hydrogen-bond acceptors (Lipinski definition) is 3. The summed E-state index contributed by atoms with van der Waals surface area (Å²) in [7, 11) is 0. The third-order valence-electron chi connectivity index (χ3n) is 24.6. The van der Waals surface area contributed by atoms with Crippen LogP contribution in [0.2, 0.25) is 0 Å². The number of anilines is 9. The lowest BCUT2D eigenvalue weighted by Crippen LogP contribution is -2.62. The predicted molar refractivity (Wildman–Crippen MR) is 405 cm³/mol. The molecule has 0 spiro atoms. The third kappa shape index (κ3) is 8.80. The Labute approximate surface area is 565 Å². The van der Waals surface area contributed by atoms with Crippen LogP contribution in [0.4, 0.5) is 51.2 Å². The molecule has 480 valence electrons. The Bertz CT molecular complexity index is 4420. The minimum absolute atomic E-state index is 0.0182. The van der Waals surface area contributed by atoms with Gasteiger partial charge in [-0.05, 0) is 225 Å². The lowest BCUT2D eigenvalue weighted by molar-refractivity contribution is 0.402. The molecule has 15 rings (SSSR count). The molecular formula is C90H102BN3. The fourth-order valence-electron chi connectivity index (χ4n) is 19.9. The van der Waals surface area contributed by atoms with E-state index in [1.54, 1.807) is 0 Å². The molecule has 94 heavy (non-hydrogen) atoms. The molecule has 2 aliphatic heterocycles. The van der Waals surface area contributed by atoms with Gasteiger partial charge in [-0.3, -0.25) is 0 Å². The van der Waals surface area contributed by atoms with Crippen molar-refractivity contribution in [1.82, 2.24) is 0 Å². The van der Waals surface area contributed by atoms with Crippen LogP contribution in [0.15, 0.2) is 158 Å². The lowest BCUT2D eigenvalue weighted by Gasteiger charge is -2.50. The Hall–Kier alpha value is -7.56. The molecule has 0 atom stereocenters. The molecule has 2 heterocycles. The highest BCUT2D eigenvalue weighted by molar-refractivity contribution is 7.00. The average molecular weight is 1240 g/mol. The molecule has 0 aromatic heterocycles. The summed E-state index contributed by atoms with van der Waals surface area (Å²) < 4.78 is 0. The van der Waals surface area contributed by atoms with Crippen LogP contribution < -0.4 is 31.1 Å². The Morgan fingerprint density at radius 1 is 0.309 bits per heavy atom. The molecule has 0 saturated carbocycles. The zero-order chi connectivity index (χ0) is 67.3. The van der Waals surface area contributed by atoms with Gasteiger partial charge in [-0.1, -0.05) is 249 Å². The van der Waals surface area contributed by atoms with Crippen LogP contribution in [-0.4, -0.2) is 6.71 Å². The van der Waals surface area contributed by atoms with Gasteiger partial charge in [0.15, 0.2) is 0 Å². The van der Waals surface area contributed by atoms with Crippen LogP contribution in [0, 0.1) is 13.8 Å². The van der Waals surface area contributed by atoms with E-state index in [1.165, 1.54) is 140 Å². The summed E-state index contributed by atoms with van der Waals surface area (Å²) in [4.78, 5) is 8.18. The Morgan fingerprint density at radius 2 is 0.596 bits per heavy atom. The molecule has 0 unspecified atom stereocenters. The third-order valence-corrected chi connectivity index (χ3v) is 24.6.